The highest BCUT2D eigenvalue weighted by Crippen LogP contribution is 2.26. The fraction of sp³-hybridized carbons (Fsp3) is 0.125. The molecule has 1 aromatic heterocycles. The second kappa shape index (κ2) is 6.41. The lowest BCUT2D eigenvalue weighted by molar-refractivity contribution is 0.522. The molecule has 0 aliphatic carbocycles. The molecular formula is C16H14ClN3O. The van der Waals surface area contributed by atoms with E-state index in [9.17, 15) is 0 Å². The van der Waals surface area contributed by atoms with E-state index in [4.69, 9.17) is 16.0 Å². The summed E-state index contributed by atoms with van der Waals surface area (Å²) in [5.74, 6) is 0.606. The highest BCUT2D eigenvalue weighted by atomic mass is 35.5. The highest BCUT2D eigenvalue weighted by Gasteiger charge is 2.16. The Kier molecular flexibility index (Phi) is 4.17. The van der Waals surface area contributed by atoms with Crippen LogP contribution in [0.15, 0.2) is 65.1 Å². The molecule has 0 saturated carbocycles. The molecule has 0 radical (unpaired) electrons. The van der Waals surface area contributed by atoms with Crippen molar-refractivity contribution in [3.63, 3.8) is 0 Å². The lowest BCUT2D eigenvalue weighted by atomic mass is 9.99. The fourth-order valence-electron chi connectivity index (χ4n) is 2.14. The molecule has 0 unspecified atom stereocenters. The van der Waals surface area contributed by atoms with Gasteiger partial charge >= 0.3 is 6.01 Å². The van der Waals surface area contributed by atoms with Crippen molar-refractivity contribution in [3.8, 4) is 0 Å². The largest absolute Gasteiger partial charge is 0.407 e. The Morgan fingerprint density at radius 3 is 1.95 bits per heavy atom. The van der Waals surface area contributed by atoms with Crippen LogP contribution in [0.2, 0.25) is 0 Å². The summed E-state index contributed by atoms with van der Waals surface area (Å²) in [7, 11) is 0. The Morgan fingerprint density at radius 1 is 0.905 bits per heavy atom. The minimum Gasteiger partial charge on any atom is -0.407 e. The van der Waals surface area contributed by atoms with Crippen LogP contribution in [-0.4, -0.2) is 10.2 Å². The van der Waals surface area contributed by atoms with E-state index in [2.05, 4.69) is 39.8 Å². The summed E-state index contributed by atoms with van der Waals surface area (Å²) in [6, 6.07) is 20.5. The summed E-state index contributed by atoms with van der Waals surface area (Å²) in [6.45, 7) is 0. The number of benzene rings is 2. The monoisotopic (exact) mass is 299 g/mol. The maximum atomic E-state index is 5.69. The van der Waals surface area contributed by atoms with E-state index < -0.39 is 0 Å². The number of hydrogen-bond acceptors (Lipinski definition) is 4. The zero-order valence-corrected chi connectivity index (χ0v) is 12.0. The first-order chi connectivity index (χ1) is 10.4. The molecule has 3 rings (SSSR count). The number of aromatic nitrogens is 2. The van der Waals surface area contributed by atoms with Crippen LogP contribution in [0.25, 0.3) is 0 Å². The molecule has 0 fully saturated rings. The molecule has 0 bridgehead atoms. The molecule has 1 heterocycles. The molecule has 5 heteroatoms. The molecule has 3 aromatic rings. The second-order valence-electron chi connectivity index (χ2n) is 4.53. The fourth-order valence-corrected chi connectivity index (χ4v) is 2.25. The molecule has 21 heavy (non-hydrogen) atoms. The summed E-state index contributed by atoms with van der Waals surface area (Å²) in [4.78, 5) is 0. The van der Waals surface area contributed by atoms with Crippen LogP contribution in [0, 0.1) is 0 Å². The molecule has 106 valence electrons. The highest BCUT2D eigenvalue weighted by molar-refractivity contribution is 6.16. The topological polar surface area (TPSA) is 51.0 Å². The van der Waals surface area contributed by atoms with Crippen molar-refractivity contribution in [2.45, 2.75) is 11.9 Å². The van der Waals surface area contributed by atoms with E-state index in [1.165, 1.54) is 0 Å². The van der Waals surface area contributed by atoms with Crippen molar-refractivity contribution < 1.29 is 4.42 Å². The van der Waals surface area contributed by atoms with Gasteiger partial charge in [-0.2, -0.15) is 0 Å². The van der Waals surface area contributed by atoms with E-state index in [1.807, 2.05) is 36.4 Å². The second-order valence-corrected chi connectivity index (χ2v) is 4.80. The SMILES string of the molecule is ClCc1nnc(NC(c2ccccc2)c2ccccc2)o1. The number of rotatable bonds is 5. The molecule has 0 amide bonds. The van der Waals surface area contributed by atoms with Crippen molar-refractivity contribution >= 4 is 17.6 Å². The maximum absolute atomic E-state index is 5.69. The quantitative estimate of drug-likeness (QED) is 0.723. The Labute approximate surface area is 127 Å². The lowest BCUT2D eigenvalue weighted by Gasteiger charge is -2.18. The molecule has 0 saturated heterocycles. The van der Waals surface area contributed by atoms with Crippen molar-refractivity contribution in [1.29, 1.82) is 0 Å². The standard InChI is InChI=1S/C16H14ClN3O/c17-11-14-19-20-16(21-14)18-15(12-7-3-1-4-8-12)13-9-5-2-6-10-13/h1-10,15H,11H2,(H,18,20). The third-order valence-corrected chi connectivity index (χ3v) is 3.34. The number of halogens is 1. The van der Waals surface area contributed by atoms with Gasteiger partial charge in [0.25, 0.3) is 0 Å². The predicted octanol–water partition coefficient (Wildman–Crippen LogP) is 4.01. The van der Waals surface area contributed by atoms with Gasteiger partial charge in [0, 0.05) is 0 Å². The molecule has 0 aliphatic heterocycles. The average molecular weight is 300 g/mol. The summed E-state index contributed by atoms with van der Waals surface area (Å²) in [6.07, 6.45) is 0. The molecule has 0 spiro atoms. The van der Waals surface area contributed by atoms with Gasteiger partial charge in [0.1, 0.15) is 5.88 Å². The molecule has 2 aromatic carbocycles. The summed E-state index contributed by atoms with van der Waals surface area (Å²) in [5, 5.41) is 11.1. The molecule has 0 atom stereocenters. The number of hydrogen-bond donors (Lipinski definition) is 1. The predicted molar refractivity (Wildman–Crippen MR) is 82.2 cm³/mol. The van der Waals surface area contributed by atoms with Gasteiger partial charge in [0.05, 0.1) is 6.04 Å². The molecule has 1 N–H and O–H groups in total. The van der Waals surface area contributed by atoms with Crippen LogP contribution in [0.3, 0.4) is 0 Å². The smallest absolute Gasteiger partial charge is 0.316 e. The van der Waals surface area contributed by atoms with Gasteiger partial charge in [-0.1, -0.05) is 65.8 Å². The van der Waals surface area contributed by atoms with E-state index in [0.717, 1.165) is 11.1 Å². The third-order valence-electron chi connectivity index (χ3n) is 3.11. The van der Waals surface area contributed by atoms with Crippen molar-refractivity contribution in [2.24, 2.45) is 0 Å². The van der Waals surface area contributed by atoms with E-state index in [0.29, 0.717) is 11.9 Å². The minimum atomic E-state index is -0.0592. The van der Waals surface area contributed by atoms with Crippen LogP contribution < -0.4 is 5.32 Å². The van der Waals surface area contributed by atoms with Crippen molar-refractivity contribution in [3.05, 3.63) is 77.7 Å². The Balaban J connectivity index is 1.93. The molecular weight excluding hydrogens is 286 g/mol. The van der Waals surface area contributed by atoms with Gasteiger partial charge in [0.15, 0.2) is 0 Å². The van der Waals surface area contributed by atoms with Gasteiger partial charge in [-0.05, 0) is 11.1 Å². The zero-order valence-electron chi connectivity index (χ0n) is 11.2. The first kappa shape index (κ1) is 13.6. The van der Waals surface area contributed by atoms with Gasteiger partial charge in [-0.25, -0.2) is 0 Å². The van der Waals surface area contributed by atoms with Crippen molar-refractivity contribution in [2.75, 3.05) is 5.32 Å². The summed E-state index contributed by atoms with van der Waals surface area (Å²) >= 11 is 5.69. The lowest BCUT2D eigenvalue weighted by Crippen LogP contribution is -2.12. The first-order valence-corrected chi connectivity index (χ1v) is 7.15. The average Bonchev–Trinajstić information content (AvgIpc) is 3.02. The number of nitrogens with one attached hydrogen (secondary N) is 1. The molecule has 0 aliphatic rings. The van der Waals surface area contributed by atoms with Gasteiger partial charge in [-0.3, -0.25) is 0 Å². The number of alkyl halides is 1. The first-order valence-electron chi connectivity index (χ1n) is 6.61. The van der Waals surface area contributed by atoms with Crippen LogP contribution in [0.1, 0.15) is 23.1 Å². The zero-order chi connectivity index (χ0) is 14.5. The van der Waals surface area contributed by atoms with Crippen molar-refractivity contribution in [1.82, 2.24) is 10.2 Å². The van der Waals surface area contributed by atoms with E-state index in [1.54, 1.807) is 0 Å². The third kappa shape index (κ3) is 3.23. The Bertz CT molecular complexity index is 646. The van der Waals surface area contributed by atoms with Gasteiger partial charge in [0.2, 0.25) is 5.89 Å². The summed E-state index contributed by atoms with van der Waals surface area (Å²) < 4.78 is 5.44. The number of anilines is 1. The van der Waals surface area contributed by atoms with Gasteiger partial charge in [-0.15, -0.1) is 16.7 Å². The Morgan fingerprint density at radius 2 is 1.48 bits per heavy atom. The summed E-state index contributed by atoms with van der Waals surface area (Å²) in [5.41, 5.74) is 2.24. The van der Waals surface area contributed by atoms with E-state index in [-0.39, 0.29) is 11.9 Å². The van der Waals surface area contributed by atoms with Crippen LogP contribution in [-0.2, 0) is 5.88 Å². The van der Waals surface area contributed by atoms with Crippen LogP contribution in [0.4, 0.5) is 6.01 Å². The normalized spacial score (nSPS) is 10.8. The van der Waals surface area contributed by atoms with Crippen LogP contribution >= 0.6 is 11.6 Å². The Hall–Kier alpha value is -2.33. The van der Waals surface area contributed by atoms with Gasteiger partial charge < -0.3 is 9.73 Å². The van der Waals surface area contributed by atoms with Crippen LogP contribution in [0.5, 0.6) is 0 Å². The maximum Gasteiger partial charge on any atom is 0.316 e. The number of nitrogens with zero attached hydrogens (tertiary/aromatic N) is 2. The van der Waals surface area contributed by atoms with E-state index >= 15 is 0 Å². The minimum absolute atomic E-state index is 0.0592. The molecule has 4 nitrogen and oxygen atoms in total.